The van der Waals surface area contributed by atoms with Gasteiger partial charge in [-0.15, -0.1) is 0 Å². The average molecular weight is 272 g/mol. The predicted octanol–water partition coefficient (Wildman–Crippen LogP) is 1.31. The van der Waals surface area contributed by atoms with Gasteiger partial charge in [0.2, 0.25) is 5.91 Å². The van der Waals surface area contributed by atoms with Gasteiger partial charge in [0, 0.05) is 19.8 Å². The minimum absolute atomic E-state index is 0.000484. The number of alkyl halides is 1. The number of carbonyl (C=O) groups is 1. The van der Waals surface area contributed by atoms with Gasteiger partial charge in [0.15, 0.2) is 0 Å². The van der Waals surface area contributed by atoms with Crippen molar-refractivity contribution in [1.82, 2.24) is 14.5 Å². The Bertz CT molecular complexity index is 363. The third-order valence-corrected chi connectivity index (χ3v) is 3.58. The molecule has 4 nitrogen and oxygen atoms in total. The Labute approximate surface area is 97.4 Å². The van der Waals surface area contributed by atoms with Crippen LogP contribution in [0.1, 0.15) is 18.5 Å². The lowest BCUT2D eigenvalue weighted by molar-refractivity contribution is -0.133. The molecule has 2 rings (SSSR count). The van der Waals surface area contributed by atoms with Gasteiger partial charge in [-0.1, -0.05) is 15.9 Å². The summed E-state index contributed by atoms with van der Waals surface area (Å²) in [6, 6.07) is 0. The van der Waals surface area contributed by atoms with Gasteiger partial charge >= 0.3 is 0 Å². The Balaban J connectivity index is 2.05. The molecule has 1 aromatic rings. The number of likely N-dealkylation sites (tertiary alicyclic amines) is 1. The van der Waals surface area contributed by atoms with Crippen LogP contribution in [0.3, 0.4) is 0 Å². The summed E-state index contributed by atoms with van der Waals surface area (Å²) < 4.78 is 1.95. The van der Waals surface area contributed by atoms with Gasteiger partial charge in [0.05, 0.1) is 23.4 Å². The number of amides is 1. The average Bonchev–Trinajstić information content (AvgIpc) is 2.60. The van der Waals surface area contributed by atoms with E-state index in [-0.39, 0.29) is 10.7 Å². The molecule has 1 aliphatic rings. The van der Waals surface area contributed by atoms with E-state index in [4.69, 9.17) is 0 Å². The number of hydrogen-bond acceptors (Lipinski definition) is 2. The number of aryl methyl sites for hydroxylation is 1. The molecule has 0 spiro atoms. The van der Waals surface area contributed by atoms with Crippen LogP contribution in [0.4, 0.5) is 0 Å². The summed E-state index contributed by atoms with van der Waals surface area (Å²) in [7, 11) is 1.95. The molecule has 1 amide bonds. The maximum absolute atomic E-state index is 11.8. The summed E-state index contributed by atoms with van der Waals surface area (Å²) in [5, 5.41) is 0. The Kier molecular flexibility index (Phi) is 3.09. The van der Waals surface area contributed by atoms with E-state index in [0.717, 1.165) is 25.1 Å². The lowest BCUT2D eigenvalue weighted by Crippen LogP contribution is -2.41. The highest BCUT2D eigenvalue weighted by Gasteiger charge is 2.26. The molecular weight excluding hydrogens is 258 g/mol. The van der Waals surface area contributed by atoms with Crippen LogP contribution in [0.25, 0.3) is 0 Å². The highest BCUT2D eigenvalue weighted by atomic mass is 79.9. The number of rotatable bonds is 2. The highest BCUT2D eigenvalue weighted by Crippen LogP contribution is 2.19. The van der Waals surface area contributed by atoms with Crippen LogP contribution in [0, 0.1) is 0 Å². The number of piperidine rings is 1. The van der Waals surface area contributed by atoms with E-state index in [0.29, 0.717) is 6.54 Å². The minimum atomic E-state index is -0.000484. The first-order valence-electron chi connectivity index (χ1n) is 5.06. The first-order chi connectivity index (χ1) is 7.18. The Hall–Kier alpha value is -0.840. The zero-order valence-electron chi connectivity index (χ0n) is 8.69. The van der Waals surface area contributed by atoms with Crippen molar-refractivity contribution in [3.8, 4) is 0 Å². The molecule has 0 bridgehead atoms. The summed E-state index contributed by atoms with van der Waals surface area (Å²) in [6.45, 7) is 1.52. The van der Waals surface area contributed by atoms with E-state index in [2.05, 4.69) is 20.9 Å². The van der Waals surface area contributed by atoms with Crippen LogP contribution in [-0.4, -0.2) is 31.7 Å². The van der Waals surface area contributed by atoms with Crippen LogP contribution in [0.2, 0.25) is 0 Å². The van der Waals surface area contributed by atoms with Crippen molar-refractivity contribution in [2.75, 3.05) is 6.54 Å². The van der Waals surface area contributed by atoms with E-state index in [1.165, 1.54) is 0 Å². The van der Waals surface area contributed by atoms with Gasteiger partial charge < -0.3 is 9.47 Å². The van der Waals surface area contributed by atoms with Gasteiger partial charge in [-0.25, -0.2) is 4.98 Å². The third-order valence-electron chi connectivity index (χ3n) is 2.73. The lowest BCUT2D eigenvalue weighted by Gasteiger charge is -2.29. The van der Waals surface area contributed by atoms with Crippen molar-refractivity contribution in [1.29, 1.82) is 0 Å². The highest BCUT2D eigenvalue weighted by molar-refractivity contribution is 9.10. The van der Waals surface area contributed by atoms with Crippen LogP contribution in [0.15, 0.2) is 12.5 Å². The SMILES string of the molecule is Cn1cncc1CN1CCCC(Br)C1=O. The van der Waals surface area contributed by atoms with Gasteiger partial charge in [0.25, 0.3) is 0 Å². The molecule has 1 atom stereocenters. The fourth-order valence-electron chi connectivity index (χ4n) is 1.78. The fourth-order valence-corrected chi connectivity index (χ4v) is 2.40. The summed E-state index contributed by atoms with van der Waals surface area (Å²) in [6.07, 6.45) is 5.58. The molecule has 15 heavy (non-hydrogen) atoms. The molecule has 82 valence electrons. The first kappa shape index (κ1) is 10.7. The number of nitrogens with zero attached hydrogens (tertiary/aromatic N) is 3. The summed E-state index contributed by atoms with van der Waals surface area (Å²) >= 11 is 3.40. The molecule has 0 radical (unpaired) electrons. The summed E-state index contributed by atoms with van der Waals surface area (Å²) in [5.41, 5.74) is 1.07. The Morgan fingerprint density at radius 2 is 2.47 bits per heavy atom. The summed E-state index contributed by atoms with van der Waals surface area (Å²) in [4.78, 5) is 17.7. The van der Waals surface area contributed by atoms with Crippen molar-refractivity contribution in [2.24, 2.45) is 7.05 Å². The Morgan fingerprint density at radius 1 is 1.67 bits per heavy atom. The third kappa shape index (κ3) is 2.22. The van der Waals surface area contributed by atoms with Gasteiger partial charge in [-0.05, 0) is 12.8 Å². The molecule has 5 heteroatoms. The van der Waals surface area contributed by atoms with E-state index < -0.39 is 0 Å². The van der Waals surface area contributed by atoms with Crippen LogP contribution < -0.4 is 0 Å². The van der Waals surface area contributed by atoms with Crippen LogP contribution in [-0.2, 0) is 18.4 Å². The molecule has 0 N–H and O–H groups in total. The molecule has 1 aromatic heterocycles. The Morgan fingerprint density at radius 3 is 3.13 bits per heavy atom. The van der Waals surface area contributed by atoms with Crippen molar-refractivity contribution >= 4 is 21.8 Å². The number of imidazole rings is 1. The van der Waals surface area contributed by atoms with E-state index in [9.17, 15) is 4.79 Å². The standard InChI is InChI=1S/C10H14BrN3O/c1-13-7-12-5-8(13)6-14-4-2-3-9(11)10(14)15/h5,7,9H,2-4,6H2,1H3. The molecule has 0 aliphatic carbocycles. The van der Waals surface area contributed by atoms with E-state index in [1.807, 2.05) is 22.7 Å². The van der Waals surface area contributed by atoms with Crippen molar-refractivity contribution in [3.05, 3.63) is 18.2 Å². The minimum Gasteiger partial charge on any atom is -0.336 e. The zero-order valence-corrected chi connectivity index (χ0v) is 10.3. The topological polar surface area (TPSA) is 38.1 Å². The molecule has 0 saturated carbocycles. The quantitative estimate of drug-likeness (QED) is 0.761. The smallest absolute Gasteiger partial charge is 0.236 e. The second-order valence-electron chi connectivity index (χ2n) is 3.87. The fraction of sp³-hybridized carbons (Fsp3) is 0.600. The molecule has 2 heterocycles. The van der Waals surface area contributed by atoms with Crippen molar-refractivity contribution in [2.45, 2.75) is 24.2 Å². The number of hydrogen-bond donors (Lipinski definition) is 0. The zero-order chi connectivity index (χ0) is 10.8. The van der Waals surface area contributed by atoms with Gasteiger partial charge in [-0.2, -0.15) is 0 Å². The second-order valence-corrected chi connectivity index (χ2v) is 4.97. The van der Waals surface area contributed by atoms with Crippen molar-refractivity contribution < 1.29 is 4.79 Å². The largest absolute Gasteiger partial charge is 0.336 e. The second kappa shape index (κ2) is 4.35. The van der Waals surface area contributed by atoms with Crippen molar-refractivity contribution in [3.63, 3.8) is 0 Å². The van der Waals surface area contributed by atoms with Crippen LogP contribution in [0.5, 0.6) is 0 Å². The normalized spacial score (nSPS) is 22.1. The number of carbonyl (C=O) groups excluding carboxylic acids is 1. The monoisotopic (exact) mass is 271 g/mol. The molecule has 1 saturated heterocycles. The molecule has 0 aromatic carbocycles. The van der Waals surface area contributed by atoms with E-state index >= 15 is 0 Å². The molecule has 1 aliphatic heterocycles. The maximum atomic E-state index is 11.8. The van der Waals surface area contributed by atoms with Gasteiger partial charge in [0.1, 0.15) is 0 Å². The maximum Gasteiger partial charge on any atom is 0.236 e. The molecule has 1 unspecified atom stereocenters. The van der Waals surface area contributed by atoms with E-state index in [1.54, 1.807) is 6.33 Å². The summed E-state index contributed by atoms with van der Waals surface area (Å²) in [5.74, 6) is 0.197. The van der Waals surface area contributed by atoms with Gasteiger partial charge in [-0.3, -0.25) is 4.79 Å². The predicted molar refractivity (Wildman–Crippen MR) is 60.6 cm³/mol. The first-order valence-corrected chi connectivity index (χ1v) is 5.98. The lowest BCUT2D eigenvalue weighted by atomic mass is 10.1. The van der Waals surface area contributed by atoms with Crippen LogP contribution >= 0.6 is 15.9 Å². The molecular formula is C10H14BrN3O. The number of halogens is 1. The molecule has 1 fully saturated rings. The number of aromatic nitrogens is 2.